The van der Waals surface area contributed by atoms with E-state index in [1.165, 1.54) is 0 Å². The van der Waals surface area contributed by atoms with Crippen LogP contribution in [-0.4, -0.2) is 20.5 Å². The van der Waals surface area contributed by atoms with Crippen molar-refractivity contribution >= 4 is 11.6 Å². The summed E-state index contributed by atoms with van der Waals surface area (Å²) < 4.78 is 2.07. The van der Waals surface area contributed by atoms with Crippen LogP contribution in [0.1, 0.15) is 23.1 Å². The fourth-order valence-electron chi connectivity index (χ4n) is 1.85. The van der Waals surface area contributed by atoms with Crippen LogP contribution < -0.4 is 0 Å². The minimum Gasteiger partial charge on any atom is -0.387 e. The van der Waals surface area contributed by atoms with E-state index in [0.717, 1.165) is 22.8 Å². The fraction of sp³-hybridized carbons (Fsp3) is 0.308. The van der Waals surface area contributed by atoms with Crippen molar-refractivity contribution in [1.82, 2.24) is 9.55 Å². The zero-order valence-corrected chi connectivity index (χ0v) is 10.6. The molecule has 17 heavy (non-hydrogen) atoms. The molecule has 0 bridgehead atoms. The predicted octanol–water partition coefficient (Wildman–Crippen LogP) is 2.76. The van der Waals surface area contributed by atoms with Crippen molar-refractivity contribution in [3.63, 3.8) is 0 Å². The van der Waals surface area contributed by atoms with Crippen molar-refractivity contribution in [3.8, 4) is 5.82 Å². The van der Waals surface area contributed by atoms with Gasteiger partial charge >= 0.3 is 0 Å². The summed E-state index contributed by atoms with van der Waals surface area (Å²) in [6, 6.07) is 7.86. The van der Waals surface area contributed by atoms with Crippen LogP contribution in [0.5, 0.6) is 0 Å². The Balaban J connectivity index is 2.36. The highest BCUT2D eigenvalue weighted by atomic mass is 35.5. The second kappa shape index (κ2) is 4.90. The molecule has 0 aliphatic heterocycles. The van der Waals surface area contributed by atoms with Gasteiger partial charge in [0, 0.05) is 23.1 Å². The van der Waals surface area contributed by atoms with Crippen LogP contribution in [0.2, 0.25) is 0 Å². The van der Waals surface area contributed by atoms with Gasteiger partial charge in [-0.15, -0.1) is 11.6 Å². The van der Waals surface area contributed by atoms with Gasteiger partial charge in [-0.3, -0.25) is 0 Å². The number of hydrogen-bond acceptors (Lipinski definition) is 2. The molecule has 0 fully saturated rings. The summed E-state index contributed by atoms with van der Waals surface area (Å²) in [6.45, 7) is 4.08. The highest BCUT2D eigenvalue weighted by molar-refractivity contribution is 6.18. The summed E-state index contributed by atoms with van der Waals surface area (Å²) in [5, 5.41) is 9.58. The van der Waals surface area contributed by atoms with Gasteiger partial charge in [0.2, 0.25) is 0 Å². The van der Waals surface area contributed by atoms with Gasteiger partial charge in [-0.25, -0.2) is 4.98 Å². The lowest BCUT2D eigenvalue weighted by molar-refractivity contribution is 0.202. The molecule has 0 amide bonds. The van der Waals surface area contributed by atoms with E-state index >= 15 is 0 Å². The van der Waals surface area contributed by atoms with Crippen molar-refractivity contribution in [2.24, 2.45) is 0 Å². The molecule has 0 aromatic carbocycles. The number of rotatable bonds is 3. The van der Waals surface area contributed by atoms with Crippen LogP contribution in [-0.2, 0) is 0 Å². The van der Waals surface area contributed by atoms with Gasteiger partial charge in [-0.2, -0.15) is 0 Å². The number of aromatic nitrogens is 2. The first-order valence-electron chi connectivity index (χ1n) is 5.49. The van der Waals surface area contributed by atoms with Crippen LogP contribution in [0, 0.1) is 13.8 Å². The molecular weight excluding hydrogens is 236 g/mol. The number of aryl methyl sites for hydroxylation is 2. The van der Waals surface area contributed by atoms with Crippen molar-refractivity contribution < 1.29 is 5.11 Å². The normalized spacial score (nSPS) is 12.7. The summed E-state index contributed by atoms with van der Waals surface area (Å²) in [5.74, 6) is 1.04. The molecule has 4 heteroatoms. The second-order valence-corrected chi connectivity index (χ2v) is 4.38. The number of halogens is 1. The van der Waals surface area contributed by atoms with Gasteiger partial charge in [0.15, 0.2) is 0 Å². The zero-order valence-electron chi connectivity index (χ0n) is 9.89. The molecule has 0 saturated carbocycles. The lowest BCUT2D eigenvalue weighted by Gasteiger charge is -2.10. The molecule has 0 aliphatic rings. The van der Waals surface area contributed by atoms with Crippen LogP contribution in [0.15, 0.2) is 30.5 Å². The first-order valence-corrected chi connectivity index (χ1v) is 6.02. The SMILES string of the molecule is Cc1ccc(C)n1-c1ccc(C(O)CCl)cn1. The summed E-state index contributed by atoms with van der Waals surface area (Å²) in [5.41, 5.74) is 3.02. The third kappa shape index (κ3) is 2.35. The van der Waals surface area contributed by atoms with E-state index in [4.69, 9.17) is 11.6 Å². The van der Waals surface area contributed by atoms with E-state index in [2.05, 4.69) is 21.7 Å². The number of pyridine rings is 1. The van der Waals surface area contributed by atoms with Crippen LogP contribution >= 0.6 is 11.6 Å². The Morgan fingerprint density at radius 2 is 1.88 bits per heavy atom. The molecule has 2 aromatic heterocycles. The smallest absolute Gasteiger partial charge is 0.136 e. The molecule has 1 atom stereocenters. The first kappa shape index (κ1) is 12.1. The van der Waals surface area contributed by atoms with Gasteiger partial charge < -0.3 is 9.67 Å². The Hall–Kier alpha value is -1.32. The van der Waals surface area contributed by atoms with Crippen LogP contribution in [0.3, 0.4) is 0 Å². The van der Waals surface area contributed by atoms with E-state index < -0.39 is 6.10 Å². The molecule has 0 aliphatic carbocycles. The van der Waals surface area contributed by atoms with Crippen LogP contribution in [0.25, 0.3) is 5.82 Å². The van der Waals surface area contributed by atoms with Gasteiger partial charge in [0.1, 0.15) is 5.82 Å². The monoisotopic (exact) mass is 250 g/mol. The summed E-state index contributed by atoms with van der Waals surface area (Å²) in [6.07, 6.45) is 1.02. The zero-order chi connectivity index (χ0) is 12.4. The molecule has 1 unspecified atom stereocenters. The molecular formula is C13H15ClN2O. The van der Waals surface area contributed by atoms with E-state index in [9.17, 15) is 5.11 Å². The maximum Gasteiger partial charge on any atom is 0.136 e. The maximum absolute atomic E-state index is 9.58. The Morgan fingerprint density at radius 3 is 2.35 bits per heavy atom. The van der Waals surface area contributed by atoms with Gasteiger partial charge in [0.25, 0.3) is 0 Å². The molecule has 2 rings (SSSR count). The molecule has 0 saturated heterocycles. The summed E-state index contributed by atoms with van der Waals surface area (Å²) >= 11 is 5.59. The Morgan fingerprint density at radius 1 is 1.24 bits per heavy atom. The number of hydrogen-bond donors (Lipinski definition) is 1. The summed E-state index contributed by atoms with van der Waals surface area (Å²) in [4.78, 5) is 4.36. The number of nitrogens with zero attached hydrogens (tertiary/aromatic N) is 2. The van der Waals surface area contributed by atoms with Gasteiger partial charge in [-0.05, 0) is 32.0 Å². The quantitative estimate of drug-likeness (QED) is 0.851. The average molecular weight is 251 g/mol. The maximum atomic E-state index is 9.58. The number of aliphatic hydroxyl groups excluding tert-OH is 1. The number of alkyl halides is 1. The molecule has 2 aromatic rings. The minimum atomic E-state index is -0.648. The van der Waals surface area contributed by atoms with E-state index in [-0.39, 0.29) is 5.88 Å². The molecule has 0 spiro atoms. The number of aliphatic hydroxyl groups is 1. The van der Waals surface area contributed by atoms with Crippen molar-refractivity contribution in [2.75, 3.05) is 5.88 Å². The Bertz CT molecular complexity index is 485. The first-order chi connectivity index (χ1) is 8.13. The lowest BCUT2D eigenvalue weighted by atomic mass is 10.2. The molecule has 2 heterocycles. The van der Waals surface area contributed by atoms with E-state index in [0.29, 0.717) is 0 Å². The standard InChI is InChI=1S/C13H15ClN2O/c1-9-3-4-10(2)16(9)13-6-5-11(8-15-13)12(17)7-14/h3-6,8,12,17H,7H2,1-2H3. The van der Waals surface area contributed by atoms with Crippen molar-refractivity contribution in [3.05, 3.63) is 47.4 Å². The highest BCUT2D eigenvalue weighted by Gasteiger charge is 2.08. The van der Waals surface area contributed by atoms with Gasteiger partial charge in [0.05, 0.1) is 12.0 Å². The second-order valence-electron chi connectivity index (χ2n) is 4.07. The molecule has 0 radical (unpaired) electrons. The largest absolute Gasteiger partial charge is 0.387 e. The Labute approximate surface area is 106 Å². The molecule has 90 valence electrons. The average Bonchev–Trinajstić information content (AvgIpc) is 2.68. The molecule has 1 N–H and O–H groups in total. The third-order valence-electron chi connectivity index (χ3n) is 2.80. The van der Waals surface area contributed by atoms with Gasteiger partial charge in [-0.1, -0.05) is 6.07 Å². The summed E-state index contributed by atoms with van der Waals surface area (Å²) in [7, 11) is 0. The Kier molecular flexibility index (Phi) is 3.50. The topological polar surface area (TPSA) is 38.0 Å². The third-order valence-corrected chi connectivity index (χ3v) is 3.09. The fourth-order valence-corrected chi connectivity index (χ4v) is 2.02. The van der Waals surface area contributed by atoms with E-state index in [1.807, 2.05) is 26.0 Å². The minimum absolute atomic E-state index is 0.183. The lowest BCUT2D eigenvalue weighted by Crippen LogP contribution is -2.04. The molecule has 3 nitrogen and oxygen atoms in total. The van der Waals surface area contributed by atoms with Crippen molar-refractivity contribution in [2.45, 2.75) is 20.0 Å². The van der Waals surface area contributed by atoms with E-state index in [1.54, 1.807) is 6.20 Å². The van der Waals surface area contributed by atoms with Crippen molar-refractivity contribution in [1.29, 1.82) is 0 Å². The predicted molar refractivity (Wildman–Crippen MR) is 68.7 cm³/mol. The van der Waals surface area contributed by atoms with Crippen LogP contribution in [0.4, 0.5) is 0 Å². The highest BCUT2D eigenvalue weighted by Crippen LogP contribution is 2.17.